The Hall–Kier alpha value is -3.18. The van der Waals surface area contributed by atoms with Crippen molar-refractivity contribution in [2.75, 3.05) is 13.1 Å². The van der Waals surface area contributed by atoms with Crippen molar-refractivity contribution in [2.45, 2.75) is 102 Å². The first-order valence-electron chi connectivity index (χ1n) is 17.8. The minimum atomic E-state index is -0.987. The van der Waals surface area contributed by atoms with Crippen LogP contribution in [0.4, 0.5) is 4.39 Å². The van der Waals surface area contributed by atoms with E-state index in [4.69, 9.17) is 0 Å². The lowest BCUT2D eigenvalue weighted by molar-refractivity contribution is -0.131. The molecule has 1 amide bonds. The number of benzene rings is 3. The predicted molar refractivity (Wildman–Crippen MR) is 182 cm³/mol. The molecule has 0 aromatic heterocycles. The fourth-order valence-corrected chi connectivity index (χ4v) is 9.47. The van der Waals surface area contributed by atoms with Crippen molar-refractivity contribution in [3.63, 3.8) is 0 Å². The monoisotopic (exact) mass is 625 g/mol. The molecular weight excluding hydrogens is 573 g/mol. The molecule has 2 saturated carbocycles. The number of aryl methyl sites for hydroxylation is 2. The Bertz CT molecular complexity index is 1430. The average Bonchev–Trinajstić information content (AvgIpc) is 3.35. The van der Waals surface area contributed by atoms with Gasteiger partial charge in [-0.3, -0.25) is 4.79 Å². The van der Waals surface area contributed by atoms with E-state index >= 15 is 4.39 Å². The maximum Gasteiger partial charge on any atom is 0.222 e. The number of nitrogens with zero attached hydrogens (tertiary/aromatic N) is 1. The zero-order valence-electron chi connectivity index (χ0n) is 27.5. The Kier molecular flexibility index (Phi) is 10.5. The molecule has 46 heavy (non-hydrogen) atoms. The minimum absolute atomic E-state index is 0.168. The summed E-state index contributed by atoms with van der Waals surface area (Å²) in [5.74, 6) is 1.14. The minimum Gasteiger partial charge on any atom is -0.508 e. The van der Waals surface area contributed by atoms with E-state index in [0.717, 1.165) is 88.4 Å². The Morgan fingerprint density at radius 2 is 1.57 bits per heavy atom. The van der Waals surface area contributed by atoms with Gasteiger partial charge in [-0.1, -0.05) is 80.1 Å². The Labute approximate surface area is 275 Å². The molecule has 0 unspecified atom stereocenters. The normalized spacial score (nSPS) is 28.2. The van der Waals surface area contributed by atoms with E-state index in [1.807, 2.05) is 24.3 Å². The van der Waals surface area contributed by atoms with Crippen molar-refractivity contribution in [1.82, 2.24) is 4.90 Å². The SMILES string of the molecule is C[C@]12C[C@H](F)[C@@H]3c4ccc(O)cc4C[C@@H](CCCCN(CCCc4ccccc4)C(=O)CCCc4ccccc4)[C@H]3[C@@H]1CC[C@@H]2O. The first kappa shape index (κ1) is 32.7. The summed E-state index contributed by atoms with van der Waals surface area (Å²) in [7, 11) is 0. The van der Waals surface area contributed by atoms with Gasteiger partial charge in [-0.25, -0.2) is 4.39 Å². The van der Waals surface area contributed by atoms with Gasteiger partial charge in [0, 0.05) is 25.4 Å². The van der Waals surface area contributed by atoms with Gasteiger partial charge >= 0.3 is 0 Å². The molecule has 3 aliphatic rings. The second kappa shape index (κ2) is 14.7. The van der Waals surface area contributed by atoms with Gasteiger partial charge in [0.1, 0.15) is 11.9 Å². The summed E-state index contributed by atoms with van der Waals surface area (Å²) < 4.78 is 16.1. The fraction of sp³-hybridized carbons (Fsp3) is 0.537. The number of carbonyl (C=O) groups excluding carboxylic acids is 1. The highest BCUT2D eigenvalue weighted by Gasteiger charge is 2.59. The zero-order valence-corrected chi connectivity index (χ0v) is 27.5. The predicted octanol–water partition coefficient (Wildman–Crippen LogP) is 8.44. The fourth-order valence-electron chi connectivity index (χ4n) is 9.47. The molecule has 0 aliphatic heterocycles. The van der Waals surface area contributed by atoms with Crippen molar-refractivity contribution in [3.8, 4) is 5.75 Å². The Balaban J connectivity index is 1.10. The van der Waals surface area contributed by atoms with E-state index in [1.165, 1.54) is 11.1 Å². The molecule has 3 aromatic rings. The second-order valence-electron chi connectivity index (χ2n) is 14.7. The van der Waals surface area contributed by atoms with Crippen LogP contribution in [-0.2, 0) is 24.1 Å². The Morgan fingerprint density at radius 1 is 0.891 bits per heavy atom. The number of halogens is 1. The van der Waals surface area contributed by atoms with Crippen molar-refractivity contribution in [2.24, 2.45) is 23.2 Å². The van der Waals surface area contributed by atoms with Gasteiger partial charge in [0.05, 0.1) is 6.10 Å². The van der Waals surface area contributed by atoms with Crippen LogP contribution < -0.4 is 0 Å². The number of carbonyl (C=O) groups is 1. The van der Waals surface area contributed by atoms with Crippen molar-refractivity contribution in [1.29, 1.82) is 0 Å². The van der Waals surface area contributed by atoms with Gasteiger partial charge in [0.25, 0.3) is 0 Å². The van der Waals surface area contributed by atoms with Crippen molar-refractivity contribution in [3.05, 3.63) is 101 Å². The second-order valence-corrected chi connectivity index (χ2v) is 14.7. The van der Waals surface area contributed by atoms with Crippen LogP contribution >= 0.6 is 0 Å². The summed E-state index contributed by atoms with van der Waals surface area (Å²) in [5.41, 5.74) is 4.37. The number of phenols is 1. The Morgan fingerprint density at radius 3 is 2.28 bits per heavy atom. The quantitative estimate of drug-likeness (QED) is 0.188. The highest BCUT2D eigenvalue weighted by molar-refractivity contribution is 5.76. The summed E-state index contributed by atoms with van der Waals surface area (Å²) in [6.07, 6.45) is 8.69. The molecule has 4 nitrogen and oxygen atoms in total. The molecule has 6 rings (SSSR count). The largest absolute Gasteiger partial charge is 0.508 e. The summed E-state index contributed by atoms with van der Waals surface area (Å²) >= 11 is 0. The van der Waals surface area contributed by atoms with E-state index in [9.17, 15) is 15.0 Å². The lowest BCUT2D eigenvalue weighted by Gasteiger charge is -2.54. The van der Waals surface area contributed by atoms with Crippen molar-refractivity contribution < 1.29 is 19.4 Å². The third-order valence-electron chi connectivity index (χ3n) is 11.8. The number of aliphatic hydroxyl groups excluding tert-OH is 1. The van der Waals surface area contributed by atoms with Crippen LogP contribution in [0, 0.1) is 23.2 Å². The number of aromatic hydroxyl groups is 1. The number of alkyl halides is 1. The van der Waals surface area contributed by atoms with Crippen LogP contribution in [0.25, 0.3) is 0 Å². The van der Waals surface area contributed by atoms with Crippen LogP contribution in [0.15, 0.2) is 78.9 Å². The number of fused-ring (bicyclic) bond motifs is 5. The first-order valence-corrected chi connectivity index (χ1v) is 17.8. The summed E-state index contributed by atoms with van der Waals surface area (Å²) in [5, 5.41) is 21.3. The molecule has 3 aromatic carbocycles. The standard InChI is InChI=1S/C41H52FNO3/c1-41-28-36(42)40-34-21-20-33(44)27-32(34)26-31(39(40)35(41)22-23-37(41)45)18-8-9-24-43(25-11-17-30-14-6-3-7-15-30)38(46)19-10-16-29-12-4-2-5-13-29/h2-7,12-15,20-21,27,31,35-37,39-40,44-45H,8-11,16-19,22-26,28H2,1H3/t31-,35+,36+,37+,39+,40+,41+/m1/s1. The lowest BCUT2D eigenvalue weighted by Crippen LogP contribution is -2.51. The van der Waals surface area contributed by atoms with Crippen LogP contribution in [-0.4, -0.2) is 46.4 Å². The highest BCUT2D eigenvalue weighted by atomic mass is 19.1. The van der Waals surface area contributed by atoms with E-state index < -0.39 is 12.3 Å². The topological polar surface area (TPSA) is 60.8 Å². The lowest BCUT2D eigenvalue weighted by atomic mass is 9.51. The first-order chi connectivity index (χ1) is 22.3. The van der Waals surface area contributed by atoms with Gasteiger partial charge in [-0.05, 0) is 122 Å². The molecule has 0 heterocycles. The number of unbranched alkanes of at least 4 members (excludes halogenated alkanes) is 1. The zero-order chi connectivity index (χ0) is 32.1. The van der Waals surface area contributed by atoms with E-state index in [2.05, 4.69) is 60.4 Å². The molecule has 246 valence electrons. The molecule has 5 heteroatoms. The molecule has 2 N–H and O–H groups in total. The summed E-state index contributed by atoms with van der Waals surface area (Å²) in [6, 6.07) is 26.4. The maximum atomic E-state index is 16.1. The number of rotatable bonds is 13. The van der Waals surface area contributed by atoms with E-state index in [0.29, 0.717) is 24.7 Å². The molecular formula is C41H52FNO3. The number of amides is 1. The molecule has 2 fully saturated rings. The number of aliphatic hydroxyl groups is 1. The third kappa shape index (κ3) is 7.20. The van der Waals surface area contributed by atoms with Crippen molar-refractivity contribution >= 4 is 5.91 Å². The summed E-state index contributed by atoms with van der Waals surface area (Å²) in [6.45, 7) is 3.64. The van der Waals surface area contributed by atoms with Gasteiger partial charge in [-0.2, -0.15) is 0 Å². The maximum absolute atomic E-state index is 16.1. The molecule has 0 bridgehead atoms. The number of phenolic OH excluding ortho intramolecular Hbond substituents is 1. The smallest absolute Gasteiger partial charge is 0.222 e. The molecule has 3 aliphatic carbocycles. The van der Waals surface area contributed by atoms with Gasteiger partial charge in [0.15, 0.2) is 0 Å². The highest BCUT2D eigenvalue weighted by Crippen LogP contribution is 2.63. The number of hydrogen-bond acceptors (Lipinski definition) is 3. The number of hydrogen-bond donors (Lipinski definition) is 2. The van der Waals surface area contributed by atoms with Crippen LogP contribution in [0.5, 0.6) is 5.75 Å². The molecule has 0 saturated heterocycles. The van der Waals surface area contributed by atoms with Gasteiger partial charge in [0.2, 0.25) is 5.91 Å². The molecule has 7 atom stereocenters. The van der Waals surface area contributed by atoms with Crippen LogP contribution in [0.1, 0.15) is 92.9 Å². The third-order valence-corrected chi connectivity index (χ3v) is 11.8. The van der Waals surface area contributed by atoms with Crippen LogP contribution in [0.3, 0.4) is 0 Å². The average molecular weight is 626 g/mol. The summed E-state index contributed by atoms with van der Waals surface area (Å²) in [4.78, 5) is 15.6. The van der Waals surface area contributed by atoms with E-state index in [1.54, 1.807) is 6.07 Å². The van der Waals surface area contributed by atoms with Gasteiger partial charge in [-0.15, -0.1) is 0 Å². The molecule has 0 radical (unpaired) electrons. The van der Waals surface area contributed by atoms with Gasteiger partial charge < -0.3 is 15.1 Å². The van der Waals surface area contributed by atoms with E-state index in [-0.39, 0.29) is 28.9 Å². The van der Waals surface area contributed by atoms with Crippen LogP contribution in [0.2, 0.25) is 0 Å². The molecule has 0 spiro atoms.